The average Bonchev–Trinajstić information content (AvgIpc) is 3.43. The lowest BCUT2D eigenvalue weighted by molar-refractivity contribution is 0.102. The molecule has 0 atom stereocenters. The monoisotopic (exact) mass is 425 g/mol. The van der Waals surface area contributed by atoms with E-state index in [1.807, 2.05) is 59.2 Å². The summed E-state index contributed by atoms with van der Waals surface area (Å²) in [6, 6.07) is 18.8. The third-order valence-electron chi connectivity index (χ3n) is 5.13. The van der Waals surface area contributed by atoms with Crippen molar-refractivity contribution in [2.24, 2.45) is 0 Å². The fraction of sp³-hybridized carbons (Fsp3) is 0.0870. The molecule has 0 bridgehead atoms. The molecule has 3 aromatic heterocycles. The summed E-state index contributed by atoms with van der Waals surface area (Å²) >= 11 is 0. The van der Waals surface area contributed by atoms with Crippen LogP contribution in [-0.2, 0) is 0 Å². The van der Waals surface area contributed by atoms with Gasteiger partial charge < -0.3 is 10.1 Å². The van der Waals surface area contributed by atoms with Crippen LogP contribution in [-0.4, -0.2) is 42.5 Å². The highest BCUT2D eigenvalue weighted by molar-refractivity contribution is 6.03. The maximum Gasteiger partial charge on any atom is 0.278 e. The molecule has 0 unspecified atom stereocenters. The van der Waals surface area contributed by atoms with E-state index >= 15 is 0 Å². The van der Waals surface area contributed by atoms with Gasteiger partial charge in [0.15, 0.2) is 5.69 Å². The summed E-state index contributed by atoms with van der Waals surface area (Å²) in [5.41, 5.74) is 4.06. The van der Waals surface area contributed by atoms with Crippen LogP contribution < -0.4 is 10.1 Å². The SMILES string of the molecule is COc1ccc(-n2nnc(C(=O)Nc3ccc(-n4cnc5ccccc54)nc3)c2C)cc1. The zero-order valence-corrected chi connectivity index (χ0v) is 17.4. The number of pyridine rings is 1. The molecule has 5 rings (SSSR count). The molecule has 0 aliphatic heterocycles. The van der Waals surface area contributed by atoms with Gasteiger partial charge in [0.1, 0.15) is 17.9 Å². The summed E-state index contributed by atoms with van der Waals surface area (Å²) in [6.07, 6.45) is 3.33. The van der Waals surface area contributed by atoms with Crippen LogP contribution in [0.2, 0.25) is 0 Å². The van der Waals surface area contributed by atoms with Gasteiger partial charge in [-0.15, -0.1) is 5.10 Å². The molecule has 9 nitrogen and oxygen atoms in total. The summed E-state index contributed by atoms with van der Waals surface area (Å²) in [6.45, 7) is 1.80. The number of methoxy groups -OCH3 is 1. The first kappa shape index (κ1) is 19.4. The maximum atomic E-state index is 12.8. The molecule has 3 heterocycles. The van der Waals surface area contributed by atoms with Crippen molar-refractivity contribution >= 4 is 22.6 Å². The number of rotatable bonds is 5. The van der Waals surface area contributed by atoms with E-state index in [-0.39, 0.29) is 11.6 Å². The Bertz CT molecular complexity index is 1400. The number of nitrogens with one attached hydrogen (secondary N) is 1. The first-order valence-electron chi connectivity index (χ1n) is 9.90. The number of hydrogen-bond donors (Lipinski definition) is 1. The van der Waals surface area contributed by atoms with E-state index in [0.29, 0.717) is 17.2 Å². The highest BCUT2D eigenvalue weighted by Crippen LogP contribution is 2.19. The summed E-state index contributed by atoms with van der Waals surface area (Å²) in [7, 11) is 1.61. The fourth-order valence-electron chi connectivity index (χ4n) is 3.44. The number of aromatic nitrogens is 6. The zero-order valence-electron chi connectivity index (χ0n) is 17.4. The summed E-state index contributed by atoms with van der Waals surface area (Å²) in [4.78, 5) is 21.6. The molecule has 2 aromatic carbocycles. The van der Waals surface area contributed by atoms with Crippen molar-refractivity contribution in [3.05, 3.63) is 84.6 Å². The minimum absolute atomic E-state index is 0.241. The molecule has 0 aliphatic rings. The van der Waals surface area contributed by atoms with E-state index in [4.69, 9.17) is 4.74 Å². The third kappa shape index (κ3) is 3.45. The summed E-state index contributed by atoms with van der Waals surface area (Å²) in [5, 5.41) is 11.0. The van der Waals surface area contributed by atoms with Gasteiger partial charge >= 0.3 is 0 Å². The molecule has 0 radical (unpaired) electrons. The van der Waals surface area contributed by atoms with Gasteiger partial charge in [-0.2, -0.15) is 0 Å². The molecular weight excluding hydrogens is 406 g/mol. The Labute approximate surface area is 183 Å². The fourth-order valence-corrected chi connectivity index (χ4v) is 3.44. The number of nitrogens with zero attached hydrogens (tertiary/aromatic N) is 6. The minimum atomic E-state index is -0.357. The molecule has 9 heteroatoms. The van der Waals surface area contributed by atoms with Crippen LogP contribution >= 0.6 is 0 Å². The van der Waals surface area contributed by atoms with Gasteiger partial charge in [0.25, 0.3) is 5.91 Å². The van der Waals surface area contributed by atoms with Crippen LogP contribution in [0.25, 0.3) is 22.5 Å². The van der Waals surface area contributed by atoms with Crippen LogP contribution in [0.3, 0.4) is 0 Å². The standard InChI is InChI=1S/C23H19N7O2/c1-15-22(27-28-30(15)17-8-10-18(32-2)11-9-17)23(31)26-16-7-12-21(24-13-16)29-14-25-19-5-3-4-6-20(19)29/h3-14H,1-2H3,(H,26,31). The minimum Gasteiger partial charge on any atom is -0.497 e. The van der Waals surface area contributed by atoms with Crippen LogP contribution in [0.4, 0.5) is 5.69 Å². The van der Waals surface area contributed by atoms with Gasteiger partial charge in [-0.25, -0.2) is 14.6 Å². The van der Waals surface area contributed by atoms with E-state index < -0.39 is 0 Å². The lowest BCUT2D eigenvalue weighted by Gasteiger charge is -2.07. The van der Waals surface area contributed by atoms with Crippen molar-refractivity contribution in [1.29, 1.82) is 0 Å². The van der Waals surface area contributed by atoms with Gasteiger partial charge in [-0.3, -0.25) is 9.36 Å². The molecule has 0 saturated heterocycles. The Balaban J connectivity index is 1.34. The molecule has 0 saturated carbocycles. The maximum absolute atomic E-state index is 12.8. The van der Waals surface area contributed by atoms with E-state index in [2.05, 4.69) is 25.6 Å². The van der Waals surface area contributed by atoms with Gasteiger partial charge in [0.05, 0.1) is 41.4 Å². The van der Waals surface area contributed by atoms with E-state index in [1.54, 1.807) is 37.3 Å². The van der Waals surface area contributed by atoms with Gasteiger partial charge in [-0.1, -0.05) is 17.3 Å². The highest BCUT2D eigenvalue weighted by atomic mass is 16.5. The van der Waals surface area contributed by atoms with Crippen molar-refractivity contribution in [2.75, 3.05) is 12.4 Å². The van der Waals surface area contributed by atoms with Crippen molar-refractivity contribution in [3.8, 4) is 17.3 Å². The van der Waals surface area contributed by atoms with Gasteiger partial charge in [0.2, 0.25) is 0 Å². The zero-order chi connectivity index (χ0) is 22.1. The Morgan fingerprint density at radius 1 is 1.00 bits per heavy atom. The Hall–Kier alpha value is -4.53. The Morgan fingerprint density at radius 2 is 1.81 bits per heavy atom. The van der Waals surface area contributed by atoms with E-state index in [1.165, 1.54) is 0 Å². The summed E-state index contributed by atoms with van der Waals surface area (Å²) in [5.74, 6) is 1.09. The van der Waals surface area contributed by atoms with E-state index in [0.717, 1.165) is 22.5 Å². The molecule has 5 aromatic rings. The number of carbonyl (C=O) groups is 1. The summed E-state index contributed by atoms with van der Waals surface area (Å²) < 4.78 is 8.68. The molecule has 1 amide bonds. The van der Waals surface area contributed by atoms with Gasteiger partial charge in [0, 0.05) is 0 Å². The smallest absolute Gasteiger partial charge is 0.278 e. The number of benzene rings is 2. The number of ether oxygens (including phenoxy) is 1. The Morgan fingerprint density at radius 3 is 2.56 bits per heavy atom. The number of hydrogen-bond acceptors (Lipinski definition) is 6. The van der Waals surface area contributed by atoms with Crippen molar-refractivity contribution < 1.29 is 9.53 Å². The lowest BCUT2D eigenvalue weighted by atomic mass is 10.2. The number of amides is 1. The second-order valence-electron chi connectivity index (χ2n) is 7.10. The lowest BCUT2D eigenvalue weighted by Crippen LogP contribution is -2.14. The molecule has 32 heavy (non-hydrogen) atoms. The van der Waals surface area contributed by atoms with Crippen molar-refractivity contribution in [3.63, 3.8) is 0 Å². The van der Waals surface area contributed by atoms with E-state index in [9.17, 15) is 4.79 Å². The molecule has 1 N–H and O–H groups in total. The second-order valence-corrected chi connectivity index (χ2v) is 7.10. The topological polar surface area (TPSA) is 99.8 Å². The normalized spacial score (nSPS) is 10.9. The predicted molar refractivity (Wildman–Crippen MR) is 119 cm³/mol. The molecule has 158 valence electrons. The predicted octanol–water partition coefficient (Wildman–Crippen LogP) is 3.57. The number of imidazole rings is 1. The third-order valence-corrected chi connectivity index (χ3v) is 5.13. The molecule has 0 fully saturated rings. The first-order valence-corrected chi connectivity index (χ1v) is 9.90. The molecule has 0 aliphatic carbocycles. The highest BCUT2D eigenvalue weighted by Gasteiger charge is 2.18. The average molecular weight is 425 g/mol. The number of carbonyl (C=O) groups excluding carboxylic acids is 1. The van der Waals surface area contributed by atoms with Crippen molar-refractivity contribution in [1.82, 2.24) is 29.5 Å². The number of anilines is 1. The van der Waals surface area contributed by atoms with Crippen LogP contribution in [0.15, 0.2) is 73.2 Å². The van der Waals surface area contributed by atoms with Gasteiger partial charge in [-0.05, 0) is 55.5 Å². The first-order chi connectivity index (χ1) is 15.6. The van der Waals surface area contributed by atoms with Crippen LogP contribution in [0.5, 0.6) is 5.75 Å². The van der Waals surface area contributed by atoms with Crippen LogP contribution in [0, 0.1) is 6.92 Å². The molecular formula is C23H19N7O2. The quantitative estimate of drug-likeness (QED) is 0.462. The van der Waals surface area contributed by atoms with Crippen LogP contribution in [0.1, 0.15) is 16.2 Å². The second kappa shape index (κ2) is 7.95. The Kier molecular flexibility index (Phi) is 4.83. The number of fused-ring (bicyclic) bond motifs is 1. The largest absolute Gasteiger partial charge is 0.497 e. The number of para-hydroxylation sites is 2. The molecule has 0 spiro atoms. The van der Waals surface area contributed by atoms with Crippen molar-refractivity contribution in [2.45, 2.75) is 6.92 Å².